The van der Waals surface area contributed by atoms with E-state index in [1.165, 1.54) is 37.2 Å². The molecule has 0 saturated carbocycles. The number of para-hydroxylation sites is 1. The zero-order valence-corrected chi connectivity index (χ0v) is 12.7. The van der Waals surface area contributed by atoms with E-state index in [1.54, 1.807) is 0 Å². The summed E-state index contributed by atoms with van der Waals surface area (Å²) in [6.45, 7) is 6.66. The summed E-state index contributed by atoms with van der Waals surface area (Å²) in [6.07, 6.45) is 4.82. The Morgan fingerprint density at radius 3 is 2.70 bits per heavy atom. The first-order valence-corrected chi connectivity index (χ1v) is 7.62. The van der Waals surface area contributed by atoms with Crippen LogP contribution in [0.2, 0.25) is 0 Å². The molecule has 2 N–H and O–H groups in total. The Balaban J connectivity index is 1.73. The summed E-state index contributed by atoms with van der Waals surface area (Å²) < 4.78 is 0. The first kappa shape index (κ1) is 15.1. The highest BCUT2D eigenvalue weighted by Gasteiger charge is 2.11. The fourth-order valence-corrected chi connectivity index (χ4v) is 2.67. The summed E-state index contributed by atoms with van der Waals surface area (Å²) in [5.41, 5.74) is 2.59. The minimum absolute atomic E-state index is 0.843. The molecule has 2 rings (SSSR count). The van der Waals surface area contributed by atoms with E-state index in [0.29, 0.717) is 0 Å². The lowest BCUT2D eigenvalue weighted by Crippen LogP contribution is -2.34. The van der Waals surface area contributed by atoms with Gasteiger partial charge in [0, 0.05) is 25.5 Å². The molecular formula is C17H27N3. The highest BCUT2D eigenvalue weighted by atomic mass is 15.1. The van der Waals surface area contributed by atoms with Crippen LogP contribution in [0, 0.1) is 5.92 Å². The molecule has 3 nitrogen and oxygen atoms in total. The van der Waals surface area contributed by atoms with Gasteiger partial charge in [-0.3, -0.25) is 0 Å². The molecule has 0 atom stereocenters. The molecule has 110 valence electrons. The van der Waals surface area contributed by atoms with E-state index in [1.807, 2.05) is 0 Å². The second-order valence-corrected chi connectivity index (χ2v) is 5.75. The molecule has 0 aliphatic carbocycles. The zero-order chi connectivity index (χ0) is 14.2. The second-order valence-electron chi connectivity index (χ2n) is 5.75. The quantitative estimate of drug-likeness (QED) is 0.834. The van der Waals surface area contributed by atoms with Crippen molar-refractivity contribution in [3.63, 3.8) is 0 Å². The van der Waals surface area contributed by atoms with Crippen LogP contribution >= 0.6 is 0 Å². The lowest BCUT2D eigenvalue weighted by molar-refractivity contribution is 0.360. The van der Waals surface area contributed by atoms with Crippen molar-refractivity contribution in [2.45, 2.75) is 19.8 Å². The molecule has 0 amide bonds. The minimum Gasteiger partial charge on any atom is -0.351 e. The highest BCUT2D eigenvalue weighted by Crippen LogP contribution is 2.13. The molecule has 0 aromatic heterocycles. The molecule has 1 aromatic carbocycles. The van der Waals surface area contributed by atoms with Crippen LogP contribution in [-0.2, 0) is 0 Å². The van der Waals surface area contributed by atoms with Crippen LogP contribution in [0.4, 0.5) is 5.69 Å². The van der Waals surface area contributed by atoms with Gasteiger partial charge in [-0.25, -0.2) is 0 Å². The van der Waals surface area contributed by atoms with Gasteiger partial charge in [-0.1, -0.05) is 18.2 Å². The Kier molecular flexibility index (Phi) is 6.09. The lowest BCUT2D eigenvalue weighted by Gasteiger charge is -2.23. The van der Waals surface area contributed by atoms with Gasteiger partial charge in [0.15, 0.2) is 0 Å². The molecule has 0 spiro atoms. The van der Waals surface area contributed by atoms with E-state index in [4.69, 9.17) is 0 Å². The van der Waals surface area contributed by atoms with E-state index in [-0.39, 0.29) is 0 Å². The molecule has 1 aromatic rings. The highest BCUT2D eigenvalue weighted by molar-refractivity contribution is 5.48. The maximum Gasteiger partial charge on any atom is 0.0403 e. The van der Waals surface area contributed by atoms with Crippen LogP contribution < -0.4 is 15.5 Å². The van der Waals surface area contributed by atoms with Crippen molar-refractivity contribution in [2.75, 3.05) is 38.1 Å². The summed E-state index contributed by atoms with van der Waals surface area (Å²) in [4.78, 5) is 2.18. The van der Waals surface area contributed by atoms with Crippen molar-refractivity contribution in [3.05, 3.63) is 42.1 Å². The first-order valence-electron chi connectivity index (χ1n) is 7.62. The number of nitrogens with one attached hydrogen (secondary N) is 2. The number of nitrogens with zero attached hydrogens (tertiary/aromatic N) is 1. The van der Waals surface area contributed by atoms with Crippen molar-refractivity contribution in [1.82, 2.24) is 10.6 Å². The van der Waals surface area contributed by atoms with E-state index in [2.05, 4.69) is 66.0 Å². The molecule has 0 bridgehead atoms. The van der Waals surface area contributed by atoms with E-state index in [0.717, 1.165) is 19.0 Å². The molecule has 1 saturated heterocycles. The third-order valence-electron chi connectivity index (χ3n) is 3.87. The van der Waals surface area contributed by atoms with Crippen LogP contribution in [0.5, 0.6) is 0 Å². The molecular weight excluding hydrogens is 246 g/mol. The number of hydrogen-bond donors (Lipinski definition) is 2. The van der Waals surface area contributed by atoms with Crippen LogP contribution in [-0.4, -0.2) is 33.2 Å². The van der Waals surface area contributed by atoms with Crippen molar-refractivity contribution < 1.29 is 0 Å². The number of hydrogen-bond acceptors (Lipinski definition) is 3. The van der Waals surface area contributed by atoms with Gasteiger partial charge in [-0.2, -0.15) is 0 Å². The summed E-state index contributed by atoms with van der Waals surface area (Å²) in [5, 5.41) is 7.00. The van der Waals surface area contributed by atoms with E-state index in [9.17, 15) is 0 Å². The molecule has 0 unspecified atom stereocenters. The average Bonchev–Trinajstić information content (AvgIpc) is 2.49. The van der Waals surface area contributed by atoms with Crippen molar-refractivity contribution in [3.8, 4) is 0 Å². The standard InChI is InChI=1S/C17H27N3/c1-15(12-19-13-16-8-10-18-11-9-16)14-20(2)17-6-4-3-5-7-17/h3-7,14,16,18-19H,8-13H2,1-2H3/b15-14+. The Hall–Kier alpha value is -1.32. The largest absolute Gasteiger partial charge is 0.351 e. The second kappa shape index (κ2) is 8.08. The maximum atomic E-state index is 3.59. The molecule has 1 aliphatic heterocycles. The Morgan fingerprint density at radius 1 is 1.30 bits per heavy atom. The smallest absolute Gasteiger partial charge is 0.0403 e. The van der Waals surface area contributed by atoms with E-state index >= 15 is 0 Å². The Bertz CT molecular complexity index is 408. The predicted molar refractivity (Wildman–Crippen MR) is 87.1 cm³/mol. The van der Waals surface area contributed by atoms with Gasteiger partial charge in [0.25, 0.3) is 0 Å². The first-order chi connectivity index (χ1) is 9.75. The van der Waals surface area contributed by atoms with Gasteiger partial charge in [-0.15, -0.1) is 0 Å². The minimum atomic E-state index is 0.843. The molecule has 20 heavy (non-hydrogen) atoms. The van der Waals surface area contributed by atoms with Crippen molar-refractivity contribution >= 4 is 5.69 Å². The molecule has 1 fully saturated rings. The number of piperidine rings is 1. The SMILES string of the molecule is C/C(=C\N(C)c1ccccc1)CNCC1CCNCC1. The summed E-state index contributed by atoms with van der Waals surface area (Å²) in [6, 6.07) is 10.5. The third kappa shape index (κ3) is 4.99. The zero-order valence-electron chi connectivity index (χ0n) is 12.7. The van der Waals surface area contributed by atoms with Crippen molar-refractivity contribution in [1.29, 1.82) is 0 Å². The van der Waals surface area contributed by atoms with Crippen LogP contribution in [0.1, 0.15) is 19.8 Å². The molecule has 1 heterocycles. The van der Waals surface area contributed by atoms with Crippen molar-refractivity contribution in [2.24, 2.45) is 5.92 Å². The molecule has 3 heteroatoms. The summed E-state index contributed by atoms with van der Waals surface area (Å²) in [5.74, 6) is 0.843. The number of anilines is 1. The molecule has 1 aliphatic rings. The van der Waals surface area contributed by atoms with Crippen LogP contribution in [0.3, 0.4) is 0 Å². The topological polar surface area (TPSA) is 27.3 Å². The van der Waals surface area contributed by atoms with E-state index < -0.39 is 0 Å². The van der Waals surface area contributed by atoms with Gasteiger partial charge < -0.3 is 15.5 Å². The maximum absolute atomic E-state index is 3.59. The number of benzene rings is 1. The Labute approximate surface area is 123 Å². The predicted octanol–water partition coefficient (Wildman–Crippen LogP) is 2.62. The lowest BCUT2D eigenvalue weighted by atomic mass is 9.98. The third-order valence-corrected chi connectivity index (χ3v) is 3.87. The van der Waals surface area contributed by atoms with Gasteiger partial charge in [0.05, 0.1) is 0 Å². The van der Waals surface area contributed by atoms with Gasteiger partial charge in [-0.05, 0) is 63.0 Å². The fraction of sp³-hybridized carbons (Fsp3) is 0.529. The fourth-order valence-electron chi connectivity index (χ4n) is 2.67. The van der Waals surface area contributed by atoms with Gasteiger partial charge >= 0.3 is 0 Å². The summed E-state index contributed by atoms with van der Waals surface area (Å²) in [7, 11) is 2.10. The van der Waals surface area contributed by atoms with Crippen LogP contribution in [0.25, 0.3) is 0 Å². The van der Waals surface area contributed by atoms with Crippen LogP contribution in [0.15, 0.2) is 42.1 Å². The molecule has 0 radical (unpaired) electrons. The van der Waals surface area contributed by atoms with Gasteiger partial charge in [0.1, 0.15) is 0 Å². The monoisotopic (exact) mass is 273 g/mol. The Morgan fingerprint density at radius 2 is 2.00 bits per heavy atom. The summed E-state index contributed by atoms with van der Waals surface area (Å²) >= 11 is 0. The number of rotatable bonds is 6. The normalized spacial score (nSPS) is 17.2. The van der Waals surface area contributed by atoms with Gasteiger partial charge in [0.2, 0.25) is 0 Å². The average molecular weight is 273 g/mol.